The first-order valence-electron chi connectivity index (χ1n) is 8.33. The molecule has 2 aromatic carbocycles. The number of nitrogens with zero attached hydrogens (tertiary/aromatic N) is 1. The fraction of sp³-hybridized carbons (Fsp3) is 0.190. The molecule has 0 spiro atoms. The quantitative estimate of drug-likeness (QED) is 0.587. The molecule has 126 valence electrons. The minimum Gasteiger partial charge on any atom is -0.392 e. The van der Waals surface area contributed by atoms with Gasteiger partial charge in [0.25, 0.3) is 5.56 Å². The molecule has 0 amide bonds. The van der Waals surface area contributed by atoms with E-state index in [1.165, 1.54) is 0 Å². The molecular formula is C21H20N2O2. The summed E-state index contributed by atoms with van der Waals surface area (Å²) in [6, 6.07) is 13.8. The number of pyridine rings is 1. The number of hydrogen-bond acceptors (Lipinski definition) is 2. The van der Waals surface area contributed by atoms with E-state index in [-0.39, 0.29) is 12.2 Å². The molecule has 0 atom stereocenters. The van der Waals surface area contributed by atoms with Gasteiger partial charge >= 0.3 is 0 Å². The van der Waals surface area contributed by atoms with Crippen LogP contribution < -0.4 is 5.56 Å². The molecule has 0 aliphatic heterocycles. The van der Waals surface area contributed by atoms with Gasteiger partial charge in [-0.1, -0.05) is 24.3 Å². The maximum absolute atomic E-state index is 12.8. The molecular weight excluding hydrogens is 312 g/mol. The minimum absolute atomic E-state index is 0.00912. The minimum atomic E-state index is -0.0763. The van der Waals surface area contributed by atoms with Crippen molar-refractivity contribution in [3.05, 3.63) is 69.5 Å². The maximum Gasteiger partial charge on any atom is 0.258 e. The SMILES string of the molecule is Cc1c(-c2c(C)c3cc(CO)ccc3n2C)c(=O)[nH]c2ccccc12. The number of fused-ring (bicyclic) bond motifs is 2. The van der Waals surface area contributed by atoms with E-state index in [4.69, 9.17) is 0 Å². The fourth-order valence-corrected chi connectivity index (χ4v) is 3.82. The van der Waals surface area contributed by atoms with Crippen molar-refractivity contribution in [1.29, 1.82) is 0 Å². The van der Waals surface area contributed by atoms with Crippen LogP contribution in [0.5, 0.6) is 0 Å². The van der Waals surface area contributed by atoms with E-state index >= 15 is 0 Å². The topological polar surface area (TPSA) is 58.0 Å². The lowest BCUT2D eigenvalue weighted by molar-refractivity contribution is 0.282. The van der Waals surface area contributed by atoms with Crippen molar-refractivity contribution in [3.63, 3.8) is 0 Å². The van der Waals surface area contributed by atoms with E-state index in [2.05, 4.69) is 9.55 Å². The summed E-state index contributed by atoms with van der Waals surface area (Å²) in [6.45, 7) is 4.05. The summed E-state index contributed by atoms with van der Waals surface area (Å²) in [5, 5.41) is 11.5. The van der Waals surface area contributed by atoms with Crippen molar-refractivity contribution in [1.82, 2.24) is 9.55 Å². The van der Waals surface area contributed by atoms with Crippen molar-refractivity contribution in [3.8, 4) is 11.3 Å². The molecule has 2 aromatic heterocycles. The standard InChI is InChI=1S/C21H20N2O2/c1-12-15-6-4-5-7-17(15)22-21(25)19(12)20-13(2)16-10-14(11-24)8-9-18(16)23(20)3/h4-10,24H,11H2,1-3H3,(H,22,25). The van der Waals surface area contributed by atoms with E-state index in [0.29, 0.717) is 5.56 Å². The maximum atomic E-state index is 12.8. The highest BCUT2D eigenvalue weighted by atomic mass is 16.3. The highest BCUT2D eigenvalue weighted by molar-refractivity contribution is 5.95. The molecule has 0 radical (unpaired) electrons. The molecule has 25 heavy (non-hydrogen) atoms. The third-order valence-electron chi connectivity index (χ3n) is 5.12. The molecule has 2 heterocycles. The van der Waals surface area contributed by atoms with Gasteiger partial charge in [-0.05, 0) is 48.7 Å². The van der Waals surface area contributed by atoms with Crippen LogP contribution in [-0.4, -0.2) is 14.7 Å². The molecule has 4 heteroatoms. The second kappa shape index (κ2) is 5.60. The molecule has 0 saturated heterocycles. The van der Waals surface area contributed by atoms with Crippen molar-refractivity contribution >= 4 is 21.8 Å². The summed E-state index contributed by atoms with van der Waals surface area (Å²) < 4.78 is 2.07. The Balaban J connectivity index is 2.12. The Bertz CT molecular complexity index is 1180. The number of aliphatic hydroxyl groups is 1. The summed E-state index contributed by atoms with van der Waals surface area (Å²) in [7, 11) is 1.98. The van der Waals surface area contributed by atoms with Gasteiger partial charge in [-0.25, -0.2) is 0 Å². The largest absolute Gasteiger partial charge is 0.392 e. The van der Waals surface area contributed by atoms with Gasteiger partial charge in [0.15, 0.2) is 0 Å². The van der Waals surface area contributed by atoms with Gasteiger partial charge in [-0.3, -0.25) is 4.79 Å². The van der Waals surface area contributed by atoms with Gasteiger partial charge in [0, 0.05) is 28.9 Å². The number of aromatic amines is 1. The van der Waals surface area contributed by atoms with Gasteiger partial charge in [0.2, 0.25) is 0 Å². The molecule has 0 aliphatic rings. The van der Waals surface area contributed by atoms with E-state index in [0.717, 1.165) is 44.2 Å². The van der Waals surface area contributed by atoms with Gasteiger partial charge < -0.3 is 14.7 Å². The number of aliphatic hydroxyl groups excluding tert-OH is 1. The predicted octanol–water partition coefficient (Wildman–Crippen LogP) is 3.80. The normalized spacial score (nSPS) is 11.5. The smallest absolute Gasteiger partial charge is 0.258 e. The van der Waals surface area contributed by atoms with Crippen LogP contribution in [0, 0.1) is 13.8 Å². The third-order valence-corrected chi connectivity index (χ3v) is 5.12. The van der Waals surface area contributed by atoms with Crippen LogP contribution in [0.25, 0.3) is 33.1 Å². The molecule has 4 rings (SSSR count). The molecule has 0 unspecified atom stereocenters. The first-order chi connectivity index (χ1) is 12.0. The molecule has 2 N–H and O–H groups in total. The van der Waals surface area contributed by atoms with E-state index < -0.39 is 0 Å². The van der Waals surface area contributed by atoms with Crippen molar-refractivity contribution in [2.45, 2.75) is 20.5 Å². The highest BCUT2D eigenvalue weighted by Crippen LogP contribution is 2.34. The van der Waals surface area contributed by atoms with Crippen LogP contribution >= 0.6 is 0 Å². The average Bonchev–Trinajstić information content (AvgIpc) is 2.86. The lowest BCUT2D eigenvalue weighted by Gasteiger charge is -2.11. The summed E-state index contributed by atoms with van der Waals surface area (Å²) in [6.07, 6.45) is 0. The summed E-state index contributed by atoms with van der Waals surface area (Å²) >= 11 is 0. The first kappa shape index (κ1) is 15.7. The summed E-state index contributed by atoms with van der Waals surface area (Å²) in [4.78, 5) is 15.9. The van der Waals surface area contributed by atoms with Gasteiger partial charge in [-0.2, -0.15) is 0 Å². The Kier molecular flexibility index (Phi) is 3.51. The number of aryl methyl sites for hydroxylation is 3. The zero-order valence-electron chi connectivity index (χ0n) is 14.6. The second-order valence-corrected chi connectivity index (χ2v) is 6.54. The predicted molar refractivity (Wildman–Crippen MR) is 102 cm³/mol. The molecule has 4 nitrogen and oxygen atoms in total. The number of aromatic nitrogens is 2. The lowest BCUT2D eigenvalue weighted by Crippen LogP contribution is -2.13. The molecule has 0 aliphatic carbocycles. The number of nitrogens with one attached hydrogen (secondary N) is 1. The number of benzene rings is 2. The van der Waals surface area contributed by atoms with E-state index in [1.54, 1.807) is 0 Å². The van der Waals surface area contributed by atoms with Crippen LogP contribution in [0.2, 0.25) is 0 Å². The van der Waals surface area contributed by atoms with Gasteiger partial charge in [0.05, 0.1) is 17.9 Å². The Morgan fingerprint density at radius 1 is 1.04 bits per heavy atom. The van der Waals surface area contributed by atoms with Crippen molar-refractivity contribution in [2.75, 3.05) is 0 Å². The first-order valence-corrected chi connectivity index (χ1v) is 8.33. The zero-order valence-corrected chi connectivity index (χ0v) is 14.6. The Hall–Kier alpha value is -2.85. The van der Waals surface area contributed by atoms with Crippen LogP contribution in [-0.2, 0) is 13.7 Å². The van der Waals surface area contributed by atoms with Gasteiger partial charge in [0.1, 0.15) is 0 Å². The molecule has 4 aromatic rings. The van der Waals surface area contributed by atoms with Crippen LogP contribution in [0.1, 0.15) is 16.7 Å². The van der Waals surface area contributed by atoms with Crippen LogP contribution in [0.3, 0.4) is 0 Å². The number of rotatable bonds is 2. The average molecular weight is 332 g/mol. The Labute approximate surface area is 145 Å². The fourth-order valence-electron chi connectivity index (χ4n) is 3.82. The Morgan fingerprint density at radius 2 is 1.80 bits per heavy atom. The van der Waals surface area contributed by atoms with E-state index in [9.17, 15) is 9.90 Å². The zero-order chi connectivity index (χ0) is 17.7. The van der Waals surface area contributed by atoms with Crippen LogP contribution in [0.4, 0.5) is 0 Å². The van der Waals surface area contributed by atoms with E-state index in [1.807, 2.05) is 63.4 Å². The Morgan fingerprint density at radius 3 is 2.56 bits per heavy atom. The molecule has 0 fully saturated rings. The number of hydrogen-bond donors (Lipinski definition) is 2. The second-order valence-electron chi connectivity index (χ2n) is 6.54. The monoisotopic (exact) mass is 332 g/mol. The summed E-state index contributed by atoms with van der Waals surface area (Å²) in [5.41, 5.74) is 6.37. The number of para-hydroxylation sites is 1. The molecule has 0 saturated carbocycles. The highest BCUT2D eigenvalue weighted by Gasteiger charge is 2.19. The molecule has 0 bridgehead atoms. The summed E-state index contributed by atoms with van der Waals surface area (Å²) in [5.74, 6) is 0. The lowest BCUT2D eigenvalue weighted by atomic mass is 9.99. The van der Waals surface area contributed by atoms with Gasteiger partial charge in [-0.15, -0.1) is 0 Å². The van der Waals surface area contributed by atoms with Crippen molar-refractivity contribution in [2.24, 2.45) is 7.05 Å². The third kappa shape index (κ3) is 2.22. The van der Waals surface area contributed by atoms with Crippen LogP contribution in [0.15, 0.2) is 47.3 Å². The van der Waals surface area contributed by atoms with Crippen molar-refractivity contribution < 1.29 is 5.11 Å². The number of H-pyrrole nitrogens is 1.